The number of rotatable bonds is 5. The van der Waals surface area contributed by atoms with E-state index < -0.39 is 10.0 Å². The van der Waals surface area contributed by atoms with E-state index >= 15 is 0 Å². The van der Waals surface area contributed by atoms with Crippen LogP contribution in [0.15, 0.2) is 29.2 Å². The summed E-state index contributed by atoms with van der Waals surface area (Å²) in [6.07, 6.45) is 3.97. The summed E-state index contributed by atoms with van der Waals surface area (Å²) in [5.74, 6) is -0.273. The van der Waals surface area contributed by atoms with Crippen molar-refractivity contribution >= 4 is 21.6 Å². The largest absolute Gasteiger partial charge is 0.375 e. The molecule has 122 valence electrons. The van der Waals surface area contributed by atoms with Crippen molar-refractivity contribution in [3.8, 4) is 0 Å². The molecule has 0 aliphatic carbocycles. The molecule has 1 aromatic carbocycles. The van der Waals surface area contributed by atoms with Gasteiger partial charge in [-0.15, -0.1) is 0 Å². The molecule has 1 fully saturated rings. The molecule has 1 aliphatic rings. The van der Waals surface area contributed by atoms with Gasteiger partial charge in [0.05, 0.1) is 4.90 Å². The highest BCUT2D eigenvalue weighted by Gasteiger charge is 2.24. The first-order valence-electron chi connectivity index (χ1n) is 7.43. The molecule has 1 aromatic rings. The molecule has 1 amide bonds. The molecule has 0 spiro atoms. The van der Waals surface area contributed by atoms with Crippen LogP contribution in [0.4, 0.5) is 5.69 Å². The van der Waals surface area contributed by atoms with Crippen molar-refractivity contribution < 1.29 is 17.9 Å². The molecule has 1 heterocycles. The van der Waals surface area contributed by atoms with Gasteiger partial charge in [-0.25, -0.2) is 8.42 Å². The Hall–Kier alpha value is -1.44. The Kier molecular flexibility index (Phi) is 5.93. The Morgan fingerprint density at radius 3 is 2.27 bits per heavy atom. The summed E-state index contributed by atoms with van der Waals surface area (Å²) in [6.45, 7) is 1.12. The topological polar surface area (TPSA) is 75.7 Å². The van der Waals surface area contributed by atoms with Gasteiger partial charge in [0.25, 0.3) is 0 Å². The number of hydrogen-bond acceptors (Lipinski definition) is 4. The van der Waals surface area contributed by atoms with Crippen LogP contribution in [-0.4, -0.2) is 45.4 Å². The number of nitrogens with zero attached hydrogens (tertiary/aromatic N) is 1. The van der Waals surface area contributed by atoms with E-state index in [1.54, 1.807) is 16.4 Å². The summed E-state index contributed by atoms with van der Waals surface area (Å²) in [5, 5.41) is 2.64. The maximum atomic E-state index is 12.6. The second kappa shape index (κ2) is 7.71. The van der Waals surface area contributed by atoms with Crippen molar-refractivity contribution in [1.82, 2.24) is 4.31 Å². The zero-order chi connectivity index (χ0) is 16.0. The van der Waals surface area contributed by atoms with E-state index in [1.165, 1.54) is 19.2 Å². The van der Waals surface area contributed by atoms with Gasteiger partial charge in [-0.3, -0.25) is 4.79 Å². The van der Waals surface area contributed by atoms with Gasteiger partial charge in [-0.2, -0.15) is 4.31 Å². The maximum Gasteiger partial charge on any atom is 0.250 e. The number of hydrogen-bond donors (Lipinski definition) is 1. The number of carbonyl (C=O) groups is 1. The zero-order valence-corrected chi connectivity index (χ0v) is 13.6. The summed E-state index contributed by atoms with van der Waals surface area (Å²) in [5.41, 5.74) is 0.553. The third-order valence-electron chi connectivity index (χ3n) is 3.62. The number of amides is 1. The van der Waals surface area contributed by atoms with Gasteiger partial charge in [0.15, 0.2) is 0 Å². The lowest BCUT2D eigenvalue weighted by molar-refractivity contribution is -0.119. The van der Waals surface area contributed by atoms with Crippen LogP contribution < -0.4 is 5.32 Å². The van der Waals surface area contributed by atoms with Crippen molar-refractivity contribution in [2.45, 2.75) is 30.6 Å². The Morgan fingerprint density at radius 1 is 1.14 bits per heavy atom. The van der Waals surface area contributed by atoms with Crippen molar-refractivity contribution in [3.63, 3.8) is 0 Å². The average molecular weight is 326 g/mol. The predicted octanol–water partition coefficient (Wildman–Crippen LogP) is 1.84. The lowest BCUT2D eigenvalue weighted by Crippen LogP contribution is -2.31. The minimum absolute atomic E-state index is 0.0339. The molecule has 22 heavy (non-hydrogen) atoms. The fraction of sp³-hybridized carbons (Fsp3) is 0.533. The van der Waals surface area contributed by atoms with Gasteiger partial charge >= 0.3 is 0 Å². The highest BCUT2D eigenvalue weighted by molar-refractivity contribution is 7.89. The number of sulfonamides is 1. The molecule has 0 aromatic heterocycles. The SMILES string of the molecule is COCC(=O)Nc1ccc(S(=O)(=O)N2CCCCCC2)cc1. The van der Waals surface area contributed by atoms with Gasteiger partial charge in [0.2, 0.25) is 15.9 Å². The number of anilines is 1. The predicted molar refractivity (Wildman–Crippen MR) is 84.2 cm³/mol. The van der Waals surface area contributed by atoms with Crippen LogP contribution in [0.1, 0.15) is 25.7 Å². The molecular formula is C15H22N2O4S. The Morgan fingerprint density at radius 2 is 1.73 bits per heavy atom. The molecule has 0 radical (unpaired) electrons. The second-order valence-corrected chi connectivity index (χ2v) is 7.26. The molecule has 0 unspecified atom stereocenters. The second-order valence-electron chi connectivity index (χ2n) is 5.32. The first-order valence-corrected chi connectivity index (χ1v) is 8.87. The van der Waals surface area contributed by atoms with Gasteiger partial charge < -0.3 is 10.1 Å². The number of ether oxygens (including phenoxy) is 1. The molecule has 0 atom stereocenters. The fourth-order valence-electron chi connectivity index (χ4n) is 2.47. The first-order chi connectivity index (χ1) is 10.5. The molecule has 7 heteroatoms. The molecular weight excluding hydrogens is 304 g/mol. The molecule has 1 aliphatic heterocycles. The van der Waals surface area contributed by atoms with Crippen LogP contribution in [0.2, 0.25) is 0 Å². The Balaban J connectivity index is 2.09. The van der Waals surface area contributed by atoms with E-state index in [-0.39, 0.29) is 17.4 Å². The summed E-state index contributed by atoms with van der Waals surface area (Å²) in [6, 6.07) is 6.25. The van der Waals surface area contributed by atoms with Gasteiger partial charge in [-0.1, -0.05) is 12.8 Å². The highest BCUT2D eigenvalue weighted by atomic mass is 32.2. The van der Waals surface area contributed by atoms with E-state index in [4.69, 9.17) is 4.74 Å². The minimum atomic E-state index is -3.44. The zero-order valence-electron chi connectivity index (χ0n) is 12.7. The van der Waals surface area contributed by atoms with Crippen LogP contribution in [0.25, 0.3) is 0 Å². The van der Waals surface area contributed by atoms with Gasteiger partial charge in [0, 0.05) is 25.9 Å². The van der Waals surface area contributed by atoms with Crippen LogP contribution in [0.3, 0.4) is 0 Å². The lowest BCUT2D eigenvalue weighted by Gasteiger charge is -2.20. The fourth-order valence-corrected chi connectivity index (χ4v) is 3.99. The first kappa shape index (κ1) is 16.9. The molecule has 6 nitrogen and oxygen atoms in total. The van der Waals surface area contributed by atoms with Gasteiger partial charge in [0.1, 0.15) is 6.61 Å². The van der Waals surface area contributed by atoms with Crippen molar-refractivity contribution in [2.24, 2.45) is 0 Å². The van der Waals surface area contributed by atoms with Crippen molar-refractivity contribution in [3.05, 3.63) is 24.3 Å². The molecule has 1 saturated heterocycles. The van der Waals surface area contributed by atoms with E-state index in [1.807, 2.05) is 0 Å². The van der Waals surface area contributed by atoms with Crippen LogP contribution in [0, 0.1) is 0 Å². The van der Waals surface area contributed by atoms with Crippen LogP contribution >= 0.6 is 0 Å². The monoisotopic (exact) mass is 326 g/mol. The summed E-state index contributed by atoms with van der Waals surface area (Å²) in [4.78, 5) is 11.7. The quantitative estimate of drug-likeness (QED) is 0.896. The molecule has 1 N–H and O–H groups in total. The average Bonchev–Trinajstić information content (AvgIpc) is 2.77. The summed E-state index contributed by atoms with van der Waals surface area (Å²) < 4.78 is 31.5. The third-order valence-corrected chi connectivity index (χ3v) is 5.53. The summed E-state index contributed by atoms with van der Waals surface area (Å²) in [7, 11) is -2.00. The number of methoxy groups -OCH3 is 1. The van der Waals surface area contributed by atoms with Crippen LogP contribution in [-0.2, 0) is 19.6 Å². The van der Waals surface area contributed by atoms with E-state index in [0.29, 0.717) is 18.8 Å². The van der Waals surface area contributed by atoms with Crippen LogP contribution in [0.5, 0.6) is 0 Å². The molecule has 2 rings (SSSR count). The molecule has 0 saturated carbocycles. The number of nitrogens with one attached hydrogen (secondary N) is 1. The standard InChI is InChI=1S/C15H22N2O4S/c1-21-12-15(18)16-13-6-8-14(9-7-13)22(19,20)17-10-4-2-3-5-11-17/h6-9H,2-5,10-12H2,1H3,(H,16,18). The number of carbonyl (C=O) groups excluding carboxylic acids is 1. The third kappa shape index (κ3) is 4.28. The van der Waals surface area contributed by atoms with Crippen molar-refractivity contribution in [2.75, 3.05) is 32.1 Å². The van der Waals surface area contributed by atoms with E-state index in [0.717, 1.165) is 25.7 Å². The number of benzene rings is 1. The Labute approximate surface area is 131 Å². The smallest absolute Gasteiger partial charge is 0.250 e. The normalized spacial score (nSPS) is 17.0. The van der Waals surface area contributed by atoms with Crippen molar-refractivity contribution in [1.29, 1.82) is 0 Å². The minimum Gasteiger partial charge on any atom is -0.375 e. The van der Waals surface area contributed by atoms with Gasteiger partial charge in [-0.05, 0) is 37.1 Å². The Bertz CT molecular complexity index is 590. The highest BCUT2D eigenvalue weighted by Crippen LogP contribution is 2.21. The van der Waals surface area contributed by atoms with E-state index in [2.05, 4.69) is 5.32 Å². The lowest BCUT2D eigenvalue weighted by atomic mass is 10.2. The molecule has 0 bridgehead atoms. The summed E-state index contributed by atoms with van der Waals surface area (Å²) >= 11 is 0. The maximum absolute atomic E-state index is 12.6. The van der Waals surface area contributed by atoms with E-state index in [9.17, 15) is 13.2 Å².